The standard InChI is InChI=1S/C8H6BrClN2OS/c9-6-2-1-5(13-6)8-12-11-7(14-8)3-4-10/h1-2H,3-4H2. The Hall–Kier alpha value is -0.390. The fourth-order valence-electron chi connectivity index (χ4n) is 0.964. The van der Waals surface area contributed by atoms with Gasteiger partial charge in [-0.3, -0.25) is 0 Å². The maximum atomic E-state index is 5.60. The van der Waals surface area contributed by atoms with Crippen LogP contribution in [0.1, 0.15) is 5.01 Å². The quantitative estimate of drug-likeness (QED) is 0.815. The highest BCUT2D eigenvalue weighted by Gasteiger charge is 2.09. The number of furan rings is 1. The highest BCUT2D eigenvalue weighted by Crippen LogP contribution is 2.27. The summed E-state index contributed by atoms with van der Waals surface area (Å²) in [4.78, 5) is 0. The molecular formula is C8H6BrClN2OS. The third-order valence-electron chi connectivity index (χ3n) is 1.56. The van der Waals surface area contributed by atoms with Gasteiger partial charge >= 0.3 is 0 Å². The molecule has 0 N–H and O–H groups in total. The second-order valence-corrected chi connectivity index (χ2v) is 4.77. The van der Waals surface area contributed by atoms with Gasteiger partial charge in [0.1, 0.15) is 5.01 Å². The summed E-state index contributed by atoms with van der Waals surface area (Å²) in [6, 6.07) is 3.69. The molecule has 0 saturated carbocycles. The van der Waals surface area contributed by atoms with Crippen LogP contribution in [0.25, 0.3) is 10.8 Å². The first kappa shape index (κ1) is 10.1. The molecule has 2 heterocycles. The third-order valence-corrected chi connectivity index (χ3v) is 3.17. The van der Waals surface area contributed by atoms with Crippen molar-refractivity contribution in [3.05, 3.63) is 21.8 Å². The van der Waals surface area contributed by atoms with Gasteiger partial charge < -0.3 is 4.42 Å². The van der Waals surface area contributed by atoms with Crippen LogP contribution in [0.3, 0.4) is 0 Å². The molecule has 6 heteroatoms. The number of aromatic nitrogens is 2. The number of hydrogen-bond acceptors (Lipinski definition) is 4. The highest BCUT2D eigenvalue weighted by atomic mass is 79.9. The fraction of sp³-hybridized carbons (Fsp3) is 0.250. The summed E-state index contributed by atoms with van der Waals surface area (Å²) in [6.45, 7) is 0. The summed E-state index contributed by atoms with van der Waals surface area (Å²) in [5.41, 5.74) is 0. The predicted octanol–water partition coefficient (Wildman–Crippen LogP) is 3.34. The number of rotatable bonds is 3. The second kappa shape index (κ2) is 4.42. The van der Waals surface area contributed by atoms with Gasteiger partial charge in [-0.1, -0.05) is 11.3 Å². The molecule has 0 aliphatic carbocycles. The Labute approximate surface area is 98.2 Å². The van der Waals surface area contributed by atoms with Crippen molar-refractivity contribution < 1.29 is 4.42 Å². The van der Waals surface area contributed by atoms with E-state index in [-0.39, 0.29) is 0 Å². The molecule has 2 aromatic heterocycles. The van der Waals surface area contributed by atoms with Crippen LogP contribution >= 0.6 is 38.9 Å². The number of hydrogen-bond donors (Lipinski definition) is 0. The van der Waals surface area contributed by atoms with E-state index in [1.54, 1.807) is 0 Å². The van der Waals surface area contributed by atoms with Crippen molar-refractivity contribution in [1.82, 2.24) is 10.2 Å². The SMILES string of the molecule is ClCCc1nnc(-c2ccc(Br)o2)s1. The lowest BCUT2D eigenvalue weighted by Gasteiger charge is -1.85. The summed E-state index contributed by atoms with van der Waals surface area (Å²) >= 11 is 10.3. The summed E-state index contributed by atoms with van der Waals surface area (Å²) in [7, 11) is 0. The Morgan fingerprint density at radius 2 is 2.29 bits per heavy atom. The predicted molar refractivity (Wildman–Crippen MR) is 59.7 cm³/mol. The van der Waals surface area contributed by atoms with E-state index >= 15 is 0 Å². The molecule has 0 atom stereocenters. The molecule has 0 aromatic carbocycles. The number of halogens is 2. The molecule has 14 heavy (non-hydrogen) atoms. The zero-order valence-electron chi connectivity index (χ0n) is 7.04. The van der Waals surface area contributed by atoms with Crippen LogP contribution in [-0.2, 0) is 6.42 Å². The highest BCUT2D eigenvalue weighted by molar-refractivity contribution is 9.10. The molecule has 0 aliphatic heterocycles. The van der Waals surface area contributed by atoms with Gasteiger partial charge in [-0.25, -0.2) is 0 Å². The van der Waals surface area contributed by atoms with Gasteiger partial charge in [-0.2, -0.15) is 0 Å². The molecule has 0 spiro atoms. The maximum Gasteiger partial charge on any atom is 0.183 e. The van der Waals surface area contributed by atoms with Crippen LogP contribution in [0.4, 0.5) is 0 Å². The van der Waals surface area contributed by atoms with E-state index in [0.29, 0.717) is 10.5 Å². The minimum atomic E-state index is 0.566. The first-order valence-electron chi connectivity index (χ1n) is 3.93. The molecule has 2 aromatic rings. The minimum Gasteiger partial charge on any atom is -0.447 e. The third kappa shape index (κ3) is 2.16. The molecular weight excluding hydrogens is 288 g/mol. The molecule has 0 unspecified atom stereocenters. The Morgan fingerprint density at radius 3 is 2.93 bits per heavy atom. The van der Waals surface area contributed by atoms with Gasteiger partial charge in [0.2, 0.25) is 0 Å². The molecule has 0 radical (unpaired) electrons. The van der Waals surface area contributed by atoms with E-state index in [4.69, 9.17) is 16.0 Å². The Kier molecular flexibility index (Phi) is 3.20. The Morgan fingerprint density at radius 1 is 1.43 bits per heavy atom. The Bertz CT molecular complexity index is 428. The monoisotopic (exact) mass is 292 g/mol. The van der Waals surface area contributed by atoms with Gasteiger partial charge in [0.25, 0.3) is 0 Å². The van der Waals surface area contributed by atoms with Gasteiger partial charge in [0.15, 0.2) is 15.4 Å². The van der Waals surface area contributed by atoms with E-state index in [1.165, 1.54) is 11.3 Å². The molecule has 74 valence electrons. The van der Waals surface area contributed by atoms with Crippen LogP contribution in [0.5, 0.6) is 0 Å². The summed E-state index contributed by atoms with van der Waals surface area (Å²) in [5.74, 6) is 1.30. The van der Waals surface area contributed by atoms with Crippen LogP contribution < -0.4 is 0 Å². The first-order chi connectivity index (χ1) is 6.79. The molecule has 3 nitrogen and oxygen atoms in total. The van der Waals surface area contributed by atoms with Crippen molar-refractivity contribution >= 4 is 38.9 Å². The van der Waals surface area contributed by atoms with Crippen LogP contribution in [0, 0.1) is 0 Å². The van der Waals surface area contributed by atoms with Crippen molar-refractivity contribution in [3.8, 4) is 10.8 Å². The largest absolute Gasteiger partial charge is 0.447 e. The van der Waals surface area contributed by atoms with Crippen molar-refractivity contribution in [2.45, 2.75) is 6.42 Å². The van der Waals surface area contributed by atoms with Crippen molar-refractivity contribution in [2.24, 2.45) is 0 Å². The zero-order chi connectivity index (χ0) is 9.97. The smallest absolute Gasteiger partial charge is 0.183 e. The van der Waals surface area contributed by atoms with Crippen molar-refractivity contribution in [2.75, 3.05) is 5.88 Å². The number of aryl methyl sites for hydroxylation is 1. The summed E-state index contributed by atoms with van der Waals surface area (Å²) in [5, 5.41) is 9.73. The van der Waals surface area contributed by atoms with Crippen LogP contribution in [0.2, 0.25) is 0 Å². The molecule has 2 rings (SSSR count). The molecule has 0 bridgehead atoms. The van der Waals surface area contributed by atoms with Crippen LogP contribution in [0.15, 0.2) is 21.2 Å². The molecule has 0 aliphatic rings. The van der Waals surface area contributed by atoms with Crippen LogP contribution in [-0.4, -0.2) is 16.1 Å². The second-order valence-electron chi connectivity index (χ2n) is 2.54. The molecule has 0 saturated heterocycles. The lowest BCUT2D eigenvalue weighted by atomic mass is 10.5. The molecule has 0 fully saturated rings. The number of alkyl halides is 1. The summed E-state index contributed by atoms with van der Waals surface area (Å²) in [6.07, 6.45) is 0.751. The van der Waals surface area contributed by atoms with E-state index in [1.807, 2.05) is 12.1 Å². The Balaban J connectivity index is 2.24. The topological polar surface area (TPSA) is 38.9 Å². The van der Waals surface area contributed by atoms with Gasteiger partial charge in [-0.15, -0.1) is 21.8 Å². The van der Waals surface area contributed by atoms with Crippen molar-refractivity contribution in [1.29, 1.82) is 0 Å². The van der Waals surface area contributed by atoms with E-state index in [2.05, 4.69) is 26.1 Å². The van der Waals surface area contributed by atoms with E-state index < -0.39 is 0 Å². The van der Waals surface area contributed by atoms with Crippen molar-refractivity contribution in [3.63, 3.8) is 0 Å². The fourth-order valence-corrected chi connectivity index (χ4v) is 2.36. The van der Waals surface area contributed by atoms with E-state index in [0.717, 1.165) is 22.2 Å². The van der Waals surface area contributed by atoms with Gasteiger partial charge in [0.05, 0.1) is 0 Å². The molecule has 0 amide bonds. The summed E-state index contributed by atoms with van der Waals surface area (Å²) < 4.78 is 6.05. The zero-order valence-corrected chi connectivity index (χ0v) is 10.2. The van der Waals surface area contributed by atoms with E-state index in [9.17, 15) is 0 Å². The average Bonchev–Trinajstić information content (AvgIpc) is 2.74. The maximum absolute atomic E-state index is 5.60. The lowest BCUT2D eigenvalue weighted by Crippen LogP contribution is -1.82. The average molecular weight is 294 g/mol. The van der Waals surface area contributed by atoms with Gasteiger partial charge in [-0.05, 0) is 28.1 Å². The van der Waals surface area contributed by atoms with Gasteiger partial charge in [0, 0.05) is 12.3 Å². The normalized spacial score (nSPS) is 10.7. The lowest BCUT2D eigenvalue weighted by molar-refractivity contribution is 0.554. The number of nitrogens with zero attached hydrogens (tertiary/aromatic N) is 2. The first-order valence-corrected chi connectivity index (χ1v) is 6.08. The minimum absolute atomic E-state index is 0.566.